The van der Waals surface area contributed by atoms with Crippen LogP contribution in [0.2, 0.25) is 13.1 Å². The lowest BCUT2D eigenvalue weighted by Crippen LogP contribution is -2.36. The Labute approximate surface area is 108 Å². The molecule has 4 radical (unpaired) electrons. The van der Waals surface area contributed by atoms with Crippen molar-refractivity contribution < 1.29 is 0 Å². The molecule has 1 aliphatic carbocycles. The quantitative estimate of drug-likeness (QED) is 0.717. The lowest BCUT2D eigenvalue weighted by atomic mass is 10.1. The molecule has 2 heteroatoms. The van der Waals surface area contributed by atoms with Crippen molar-refractivity contribution >= 4 is 19.0 Å². The summed E-state index contributed by atoms with van der Waals surface area (Å²) in [5.74, 6) is 0. The van der Waals surface area contributed by atoms with E-state index < -0.39 is 0 Å². The van der Waals surface area contributed by atoms with E-state index >= 15 is 0 Å². The highest BCUT2D eigenvalue weighted by molar-refractivity contribution is 6.63. The lowest BCUT2D eigenvalue weighted by Gasteiger charge is -2.28. The lowest BCUT2D eigenvalue weighted by molar-refractivity contribution is 1.05. The molecule has 0 amide bonds. The highest BCUT2D eigenvalue weighted by Crippen LogP contribution is 2.47. The van der Waals surface area contributed by atoms with Crippen molar-refractivity contribution in [3.63, 3.8) is 0 Å². The highest BCUT2D eigenvalue weighted by Gasteiger charge is 2.40. The third-order valence-corrected chi connectivity index (χ3v) is 7.78. The van der Waals surface area contributed by atoms with Gasteiger partial charge >= 0.3 is 0 Å². The van der Waals surface area contributed by atoms with E-state index in [0.717, 1.165) is 19.0 Å². The molecule has 0 heterocycles. The fraction of sp³-hybridized carbons (Fsp3) is 0.200. The van der Waals surface area contributed by atoms with E-state index in [2.05, 4.69) is 61.6 Å². The van der Waals surface area contributed by atoms with Crippen molar-refractivity contribution in [1.82, 2.24) is 0 Å². The molecule has 82 valence electrons. The van der Waals surface area contributed by atoms with Gasteiger partial charge in [0.05, 0.1) is 0 Å². The Morgan fingerprint density at radius 3 is 1.53 bits per heavy atom. The first-order chi connectivity index (χ1) is 8.33. The Hall–Kier alpha value is -1.13. The Bertz CT molecular complexity index is 509. The largest absolute Gasteiger partial charge is 0.0725 e. The van der Waals surface area contributed by atoms with Crippen molar-refractivity contribution in [3.8, 4) is 11.1 Å². The molecule has 0 bridgehead atoms. The first kappa shape index (κ1) is 11.0. The smallest absolute Gasteiger partial charge is 0.0498 e. The van der Waals surface area contributed by atoms with Crippen molar-refractivity contribution in [2.75, 3.05) is 0 Å². The van der Waals surface area contributed by atoms with Gasteiger partial charge in [0.25, 0.3) is 0 Å². The van der Waals surface area contributed by atoms with Gasteiger partial charge in [0.1, 0.15) is 0 Å². The molecule has 0 saturated heterocycles. The molecular formula is C15H14Si2. The summed E-state index contributed by atoms with van der Waals surface area (Å²) < 4.78 is 0.299. The molecule has 0 spiro atoms. The number of hydrogen-bond acceptors (Lipinski definition) is 0. The summed E-state index contributed by atoms with van der Waals surface area (Å²) in [7, 11) is 1.86. The maximum Gasteiger partial charge on any atom is 0.0498 e. The van der Waals surface area contributed by atoms with Crippen LogP contribution >= 0.6 is 0 Å². The molecule has 3 rings (SSSR count). The molecule has 0 atom stereocenters. The zero-order valence-corrected chi connectivity index (χ0v) is 12.1. The summed E-state index contributed by atoms with van der Waals surface area (Å²) in [6.07, 6.45) is 0. The van der Waals surface area contributed by atoms with Gasteiger partial charge in [-0.05, 0) is 22.3 Å². The van der Waals surface area contributed by atoms with E-state index in [4.69, 9.17) is 0 Å². The summed E-state index contributed by atoms with van der Waals surface area (Å²) in [4.78, 5) is 0. The average molecular weight is 250 g/mol. The topological polar surface area (TPSA) is 0 Å². The van der Waals surface area contributed by atoms with Crippen LogP contribution in [0.1, 0.15) is 11.1 Å². The number of benzene rings is 2. The van der Waals surface area contributed by atoms with Gasteiger partial charge in [0, 0.05) is 23.7 Å². The molecule has 0 fully saturated rings. The first-order valence-electron chi connectivity index (χ1n) is 5.90. The van der Waals surface area contributed by atoms with Gasteiger partial charge in [0.15, 0.2) is 0 Å². The minimum absolute atomic E-state index is 0.299. The van der Waals surface area contributed by atoms with Crippen LogP contribution in [0.4, 0.5) is 0 Å². The minimum Gasteiger partial charge on any atom is -0.0725 e. The van der Waals surface area contributed by atoms with Crippen LogP contribution in [0.3, 0.4) is 0 Å². The van der Waals surface area contributed by atoms with Crippen molar-refractivity contribution in [2.24, 2.45) is 0 Å². The highest BCUT2D eigenvalue weighted by atomic mass is 28.3. The van der Waals surface area contributed by atoms with Crippen LogP contribution in [0, 0.1) is 0 Å². The second-order valence-electron chi connectivity index (χ2n) is 4.34. The van der Waals surface area contributed by atoms with Crippen molar-refractivity contribution in [1.29, 1.82) is 0 Å². The van der Waals surface area contributed by atoms with Crippen LogP contribution in [-0.4, -0.2) is 19.0 Å². The number of fused-ring (bicyclic) bond motifs is 3. The van der Waals surface area contributed by atoms with E-state index in [1.165, 1.54) is 11.1 Å². The number of rotatable bonds is 2. The standard InChI is InChI=1S/C15H14Si2/c1-16-15(17-2)13-9-5-3-7-11(13)12-8-4-6-10-14(12)15/h3-10H,1-2H3. The van der Waals surface area contributed by atoms with E-state index in [9.17, 15) is 0 Å². The van der Waals surface area contributed by atoms with Crippen LogP contribution in [0.25, 0.3) is 11.1 Å². The monoisotopic (exact) mass is 250 g/mol. The molecular weight excluding hydrogens is 236 g/mol. The Balaban J connectivity index is 2.38. The van der Waals surface area contributed by atoms with E-state index in [1.54, 1.807) is 11.1 Å². The van der Waals surface area contributed by atoms with Gasteiger partial charge in [-0.25, -0.2) is 0 Å². The van der Waals surface area contributed by atoms with Crippen LogP contribution < -0.4 is 0 Å². The summed E-state index contributed by atoms with van der Waals surface area (Å²) in [5.41, 5.74) is 5.99. The fourth-order valence-corrected chi connectivity index (χ4v) is 5.85. The fourth-order valence-electron chi connectivity index (χ4n) is 2.90. The van der Waals surface area contributed by atoms with E-state index in [0.29, 0.717) is 4.66 Å². The average Bonchev–Trinajstić information content (AvgIpc) is 2.70. The van der Waals surface area contributed by atoms with E-state index in [-0.39, 0.29) is 0 Å². The predicted octanol–water partition coefficient (Wildman–Crippen LogP) is 3.37. The third-order valence-electron chi connectivity index (χ3n) is 3.70. The second kappa shape index (κ2) is 3.96. The molecule has 0 saturated carbocycles. The van der Waals surface area contributed by atoms with Gasteiger partial charge in [-0.3, -0.25) is 0 Å². The molecule has 1 aliphatic rings. The summed E-state index contributed by atoms with van der Waals surface area (Å²) in [6.45, 7) is 4.69. The number of hydrogen-bond donors (Lipinski definition) is 0. The Kier molecular flexibility index (Phi) is 2.56. The summed E-state index contributed by atoms with van der Waals surface area (Å²) in [6, 6.07) is 17.9. The van der Waals surface area contributed by atoms with Crippen molar-refractivity contribution in [3.05, 3.63) is 59.7 Å². The zero-order valence-electron chi connectivity index (χ0n) is 10.1. The molecule has 17 heavy (non-hydrogen) atoms. The van der Waals surface area contributed by atoms with Gasteiger partial charge in [-0.1, -0.05) is 61.6 Å². The SMILES string of the molecule is C[Si]C1([Si]C)c2ccccc2-c2ccccc21. The first-order valence-corrected chi connectivity index (χ1v) is 8.90. The van der Waals surface area contributed by atoms with Gasteiger partial charge in [0.2, 0.25) is 0 Å². The molecule has 0 aliphatic heterocycles. The van der Waals surface area contributed by atoms with Crippen molar-refractivity contribution in [2.45, 2.75) is 17.8 Å². The summed E-state index contributed by atoms with van der Waals surface area (Å²) >= 11 is 0. The zero-order chi connectivity index (χ0) is 11.9. The van der Waals surface area contributed by atoms with Gasteiger partial charge in [-0.2, -0.15) is 0 Å². The van der Waals surface area contributed by atoms with Crippen LogP contribution in [0.15, 0.2) is 48.5 Å². The second-order valence-corrected chi connectivity index (χ2v) is 7.34. The molecule has 0 N–H and O–H groups in total. The Morgan fingerprint density at radius 2 is 1.12 bits per heavy atom. The van der Waals surface area contributed by atoms with Crippen LogP contribution in [-0.2, 0) is 4.66 Å². The van der Waals surface area contributed by atoms with Crippen LogP contribution in [0.5, 0.6) is 0 Å². The molecule has 0 unspecified atom stereocenters. The molecule has 0 aromatic heterocycles. The van der Waals surface area contributed by atoms with Gasteiger partial charge in [-0.15, -0.1) is 0 Å². The predicted molar refractivity (Wildman–Crippen MR) is 75.9 cm³/mol. The minimum atomic E-state index is 0.299. The molecule has 2 aromatic carbocycles. The molecule has 2 aromatic rings. The molecule has 0 nitrogen and oxygen atoms in total. The Morgan fingerprint density at radius 1 is 0.706 bits per heavy atom. The van der Waals surface area contributed by atoms with E-state index in [1.807, 2.05) is 0 Å². The normalized spacial score (nSPS) is 15.4. The third kappa shape index (κ3) is 1.34. The maximum absolute atomic E-state index is 2.34. The van der Waals surface area contributed by atoms with Gasteiger partial charge < -0.3 is 0 Å². The maximum atomic E-state index is 2.34. The summed E-state index contributed by atoms with van der Waals surface area (Å²) in [5, 5.41) is 0.